The minimum absolute atomic E-state index is 0.125. The molecule has 0 amide bonds. The monoisotopic (exact) mass is 286 g/mol. The average Bonchev–Trinajstić information content (AvgIpc) is 2.49. The molecule has 5 heteroatoms. The van der Waals surface area contributed by atoms with Crippen molar-refractivity contribution in [1.29, 1.82) is 0 Å². The lowest BCUT2D eigenvalue weighted by atomic mass is 10.2. The molecule has 0 unspecified atom stereocenters. The van der Waals surface area contributed by atoms with Crippen molar-refractivity contribution in [3.63, 3.8) is 0 Å². The van der Waals surface area contributed by atoms with Gasteiger partial charge in [-0.1, -0.05) is 30.3 Å². The van der Waals surface area contributed by atoms with Crippen molar-refractivity contribution in [3.05, 3.63) is 60.2 Å². The third-order valence-electron chi connectivity index (χ3n) is 2.52. The molecule has 2 N–H and O–H groups in total. The summed E-state index contributed by atoms with van der Waals surface area (Å²) in [5, 5.41) is 0.0874. The average molecular weight is 286 g/mol. The van der Waals surface area contributed by atoms with Crippen LogP contribution in [-0.4, -0.2) is 17.4 Å². The molecule has 4 nitrogen and oxygen atoms in total. The molecule has 0 radical (unpaired) electrons. The Kier molecular flexibility index (Phi) is 4.79. The number of nitrogens with two attached hydrogens (primary N) is 1. The molecule has 2 rings (SSSR count). The Balaban J connectivity index is 2.05. The van der Waals surface area contributed by atoms with E-state index < -0.39 is 0 Å². The maximum atomic E-state index is 11.9. The predicted octanol–water partition coefficient (Wildman–Crippen LogP) is 3.22. The number of hydrogen-bond acceptors (Lipinski definition) is 4. The van der Waals surface area contributed by atoms with Crippen molar-refractivity contribution in [2.24, 2.45) is 10.7 Å². The fourth-order valence-corrected chi connectivity index (χ4v) is 2.13. The molecule has 0 bridgehead atoms. The zero-order valence-corrected chi connectivity index (χ0v) is 11.8. The van der Waals surface area contributed by atoms with Gasteiger partial charge in [0.1, 0.15) is 5.75 Å². The number of amidine groups is 1. The minimum Gasteiger partial charge on any atom is -0.497 e. The van der Waals surface area contributed by atoms with E-state index in [-0.39, 0.29) is 10.3 Å². The number of ether oxygens (including phenoxy) is 1. The first-order valence-corrected chi connectivity index (χ1v) is 6.76. The van der Waals surface area contributed by atoms with Crippen LogP contribution in [0.4, 0.5) is 5.69 Å². The minimum atomic E-state index is -0.125. The summed E-state index contributed by atoms with van der Waals surface area (Å²) in [5.41, 5.74) is 7.06. The van der Waals surface area contributed by atoms with E-state index in [1.807, 2.05) is 18.2 Å². The topological polar surface area (TPSA) is 64.7 Å². The fourth-order valence-electron chi connectivity index (χ4n) is 1.53. The maximum absolute atomic E-state index is 11.9. The van der Waals surface area contributed by atoms with Crippen LogP contribution in [0.15, 0.2) is 59.6 Å². The van der Waals surface area contributed by atoms with E-state index in [9.17, 15) is 4.79 Å². The molecule has 0 aliphatic heterocycles. The highest BCUT2D eigenvalue weighted by Crippen LogP contribution is 2.20. The van der Waals surface area contributed by atoms with Crippen LogP contribution >= 0.6 is 11.8 Å². The molecular formula is C15H14N2O2S. The van der Waals surface area contributed by atoms with Crippen molar-refractivity contribution in [2.45, 2.75) is 0 Å². The number of carbonyl (C=O) groups is 1. The van der Waals surface area contributed by atoms with E-state index >= 15 is 0 Å². The SMILES string of the molecule is COc1ccc(N=C(N)SC(=O)c2ccccc2)cc1. The van der Waals surface area contributed by atoms with Gasteiger partial charge in [-0.2, -0.15) is 0 Å². The maximum Gasteiger partial charge on any atom is 0.226 e. The van der Waals surface area contributed by atoms with Gasteiger partial charge in [0.25, 0.3) is 0 Å². The van der Waals surface area contributed by atoms with Crippen molar-refractivity contribution < 1.29 is 9.53 Å². The number of benzene rings is 2. The summed E-state index contributed by atoms with van der Waals surface area (Å²) in [6.07, 6.45) is 0. The standard InChI is InChI=1S/C15H14N2O2S/c1-19-13-9-7-12(8-10-13)17-15(16)20-14(18)11-5-3-2-4-6-11/h2-10H,1H3,(H2,16,17). The number of thioether (sulfide) groups is 1. The highest BCUT2D eigenvalue weighted by atomic mass is 32.2. The highest BCUT2D eigenvalue weighted by molar-refractivity contribution is 8.26. The molecule has 2 aromatic carbocycles. The number of nitrogens with zero attached hydrogens (tertiary/aromatic N) is 1. The summed E-state index contributed by atoms with van der Waals surface area (Å²) in [6, 6.07) is 16.1. The van der Waals surface area contributed by atoms with Crippen LogP contribution in [0.1, 0.15) is 10.4 Å². The Morgan fingerprint density at radius 3 is 2.35 bits per heavy atom. The van der Waals surface area contributed by atoms with Gasteiger partial charge in [-0.3, -0.25) is 4.79 Å². The van der Waals surface area contributed by atoms with Crippen LogP contribution in [0.3, 0.4) is 0 Å². The van der Waals surface area contributed by atoms with Gasteiger partial charge in [0.2, 0.25) is 5.12 Å². The Labute approximate surface area is 121 Å². The van der Waals surface area contributed by atoms with Gasteiger partial charge in [-0.05, 0) is 36.0 Å². The van der Waals surface area contributed by atoms with E-state index in [2.05, 4.69) is 4.99 Å². The van der Waals surface area contributed by atoms with Gasteiger partial charge < -0.3 is 10.5 Å². The quantitative estimate of drug-likeness (QED) is 0.695. The third kappa shape index (κ3) is 3.86. The lowest BCUT2D eigenvalue weighted by Crippen LogP contribution is -2.09. The first-order chi connectivity index (χ1) is 9.69. The van der Waals surface area contributed by atoms with Gasteiger partial charge in [-0.25, -0.2) is 4.99 Å². The first-order valence-electron chi connectivity index (χ1n) is 5.94. The number of aliphatic imine (C=N–C) groups is 1. The van der Waals surface area contributed by atoms with E-state index in [4.69, 9.17) is 10.5 Å². The molecule has 2 aromatic rings. The van der Waals surface area contributed by atoms with Crippen molar-refractivity contribution >= 4 is 27.7 Å². The van der Waals surface area contributed by atoms with Gasteiger partial charge in [0.15, 0.2) is 5.17 Å². The van der Waals surface area contributed by atoms with Crippen LogP contribution < -0.4 is 10.5 Å². The highest BCUT2D eigenvalue weighted by Gasteiger charge is 2.08. The number of carbonyl (C=O) groups excluding carboxylic acids is 1. The van der Waals surface area contributed by atoms with Crippen LogP contribution in [0.2, 0.25) is 0 Å². The molecular weight excluding hydrogens is 272 g/mol. The molecule has 0 saturated carbocycles. The summed E-state index contributed by atoms with van der Waals surface area (Å²) in [7, 11) is 1.60. The van der Waals surface area contributed by atoms with Crippen molar-refractivity contribution in [1.82, 2.24) is 0 Å². The Bertz CT molecular complexity index is 610. The Morgan fingerprint density at radius 1 is 1.10 bits per heavy atom. The van der Waals surface area contributed by atoms with E-state index in [1.54, 1.807) is 43.5 Å². The molecule has 0 aliphatic rings. The first kappa shape index (κ1) is 14.1. The number of rotatable bonds is 3. The second-order valence-corrected chi connectivity index (χ2v) is 4.90. The van der Waals surface area contributed by atoms with Crippen molar-refractivity contribution in [2.75, 3.05) is 7.11 Å². The largest absolute Gasteiger partial charge is 0.497 e. The van der Waals surface area contributed by atoms with Crippen LogP contribution in [0.5, 0.6) is 5.75 Å². The van der Waals surface area contributed by atoms with Crippen LogP contribution in [0.25, 0.3) is 0 Å². The summed E-state index contributed by atoms with van der Waals surface area (Å²) < 4.78 is 5.06. The lowest BCUT2D eigenvalue weighted by Gasteiger charge is -2.02. The Morgan fingerprint density at radius 2 is 1.75 bits per heavy atom. The smallest absolute Gasteiger partial charge is 0.226 e. The van der Waals surface area contributed by atoms with Crippen LogP contribution in [-0.2, 0) is 0 Å². The number of methoxy groups -OCH3 is 1. The Hall–Kier alpha value is -2.27. The van der Waals surface area contributed by atoms with E-state index in [0.29, 0.717) is 11.3 Å². The lowest BCUT2D eigenvalue weighted by molar-refractivity contribution is 0.109. The molecule has 20 heavy (non-hydrogen) atoms. The molecule has 0 saturated heterocycles. The van der Waals surface area contributed by atoms with Gasteiger partial charge >= 0.3 is 0 Å². The van der Waals surface area contributed by atoms with Crippen molar-refractivity contribution in [3.8, 4) is 5.75 Å². The zero-order chi connectivity index (χ0) is 14.4. The molecule has 0 heterocycles. The van der Waals surface area contributed by atoms with E-state index in [1.165, 1.54) is 0 Å². The summed E-state index contributed by atoms with van der Waals surface area (Å²) >= 11 is 0.915. The number of hydrogen-bond donors (Lipinski definition) is 1. The predicted molar refractivity (Wildman–Crippen MR) is 82.6 cm³/mol. The van der Waals surface area contributed by atoms with Gasteiger partial charge in [-0.15, -0.1) is 0 Å². The van der Waals surface area contributed by atoms with Gasteiger partial charge in [0.05, 0.1) is 12.8 Å². The fraction of sp³-hybridized carbons (Fsp3) is 0.0667. The molecule has 0 spiro atoms. The molecule has 0 aromatic heterocycles. The molecule has 0 fully saturated rings. The molecule has 0 aliphatic carbocycles. The summed E-state index contributed by atoms with van der Waals surface area (Å²) in [5.74, 6) is 0.746. The molecule has 102 valence electrons. The second-order valence-electron chi connectivity index (χ2n) is 3.90. The summed E-state index contributed by atoms with van der Waals surface area (Å²) in [6.45, 7) is 0. The van der Waals surface area contributed by atoms with Crippen LogP contribution in [0, 0.1) is 0 Å². The normalized spacial score (nSPS) is 11.2. The third-order valence-corrected chi connectivity index (χ3v) is 3.24. The zero-order valence-electron chi connectivity index (χ0n) is 10.9. The van der Waals surface area contributed by atoms with Gasteiger partial charge in [0, 0.05) is 5.56 Å². The second kappa shape index (κ2) is 6.77. The molecule has 0 atom stereocenters. The summed E-state index contributed by atoms with van der Waals surface area (Å²) in [4.78, 5) is 16.1. The van der Waals surface area contributed by atoms with E-state index in [0.717, 1.165) is 17.5 Å².